The third-order valence-corrected chi connectivity index (χ3v) is 3.59. The van der Waals surface area contributed by atoms with Gasteiger partial charge in [0.15, 0.2) is 11.0 Å². The summed E-state index contributed by atoms with van der Waals surface area (Å²) in [5.41, 5.74) is 0.795. The van der Waals surface area contributed by atoms with Crippen LogP contribution in [-0.4, -0.2) is 24.8 Å². The van der Waals surface area contributed by atoms with Gasteiger partial charge in [-0.1, -0.05) is 11.6 Å². The molecule has 0 unspecified atom stereocenters. The quantitative estimate of drug-likeness (QED) is 0.585. The van der Waals surface area contributed by atoms with E-state index in [1.807, 2.05) is 6.92 Å². The van der Waals surface area contributed by atoms with Crippen LogP contribution < -0.4 is 5.84 Å². The Morgan fingerprint density at radius 1 is 1.30 bits per heavy atom. The van der Waals surface area contributed by atoms with Gasteiger partial charge in [-0.15, -0.1) is 10.2 Å². The molecule has 2 N–H and O–H groups in total. The van der Waals surface area contributed by atoms with E-state index in [4.69, 9.17) is 21.9 Å². The molecule has 102 valence electrons. The molecule has 0 saturated carbocycles. The molecule has 3 rings (SSSR count). The summed E-state index contributed by atoms with van der Waals surface area (Å²) >= 11 is 6.93. The van der Waals surface area contributed by atoms with Gasteiger partial charge in [-0.2, -0.15) is 0 Å². The van der Waals surface area contributed by atoms with Crippen LogP contribution in [0.15, 0.2) is 39.5 Å². The molecule has 0 atom stereocenters. The van der Waals surface area contributed by atoms with Gasteiger partial charge in [0.1, 0.15) is 5.76 Å². The summed E-state index contributed by atoms with van der Waals surface area (Å²) in [6.07, 6.45) is 4.60. The van der Waals surface area contributed by atoms with Crippen molar-refractivity contribution in [3.05, 3.63) is 35.5 Å². The molecule has 0 bridgehead atoms. The SMILES string of the molecule is Cc1occc1-c1nnc(Sc2ncc(Cl)cn2)n1N. The topological polar surface area (TPSA) is 95.6 Å². The number of rotatable bonds is 3. The minimum atomic E-state index is 0.471. The third-order valence-electron chi connectivity index (χ3n) is 2.54. The van der Waals surface area contributed by atoms with E-state index in [1.165, 1.54) is 28.8 Å². The van der Waals surface area contributed by atoms with E-state index in [2.05, 4.69) is 20.2 Å². The Hall–Kier alpha value is -2.06. The molecule has 0 aromatic carbocycles. The molecule has 3 aromatic rings. The molecular formula is C11H9ClN6OS. The van der Waals surface area contributed by atoms with E-state index in [-0.39, 0.29) is 0 Å². The first-order valence-corrected chi connectivity index (χ1v) is 6.75. The number of nitrogens with two attached hydrogens (primary N) is 1. The van der Waals surface area contributed by atoms with E-state index < -0.39 is 0 Å². The molecule has 3 aromatic heterocycles. The fraction of sp³-hybridized carbons (Fsp3) is 0.0909. The van der Waals surface area contributed by atoms with Crippen molar-refractivity contribution < 1.29 is 4.42 Å². The van der Waals surface area contributed by atoms with Crippen LogP contribution in [0.4, 0.5) is 0 Å². The lowest BCUT2D eigenvalue weighted by atomic mass is 10.2. The lowest BCUT2D eigenvalue weighted by Gasteiger charge is -2.01. The number of aryl methyl sites for hydroxylation is 1. The fourth-order valence-corrected chi connectivity index (χ4v) is 2.32. The molecule has 3 heterocycles. The average Bonchev–Trinajstić information content (AvgIpc) is 3.00. The summed E-state index contributed by atoms with van der Waals surface area (Å²) in [5.74, 6) is 7.24. The monoisotopic (exact) mass is 308 g/mol. The minimum absolute atomic E-state index is 0.471. The second-order valence-electron chi connectivity index (χ2n) is 3.85. The molecule has 20 heavy (non-hydrogen) atoms. The summed E-state index contributed by atoms with van der Waals surface area (Å²) in [7, 11) is 0. The number of hydrogen-bond donors (Lipinski definition) is 1. The van der Waals surface area contributed by atoms with Crippen LogP contribution in [0.2, 0.25) is 5.02 Å². The standard InChI is InChI=1S/C11H9ClN6OS/c1-6-8(2-3-19-6)9-16-17-11(18(9)13)20-10-14-4-7(12)5-15-10/h2-5H,13H2,1H3. The maximum atomic E-state index is 5.99. The van der Waals surface area contributed by atoms with E-state index in [9.17, 15) is 0 Å². The Bertz CT molecular complexity index is 738. The van der Waals surface area contributed by atoms with Crippen molar-refractivity contribution in [1.82, 2.24) is 24.8 Å². The number of nitrogen functional groups attached to an aromatic ring is 1. The van der Waals surface area contributed by atoms with Crippen molar-refractivity contribution in [3.63, 3.8) is 0 Å². The molecule has 0 radical (unpaired) electrons. The maximum absolute atomic E-state index is 5.99. The van der Waals surface area contributed by atoms with Crippen LogP contribution in [0.5, 0.6) is 0 Å². The van der Waals surface area contributed by atoms with Crippen molar-refractivity contribution >= 4 is 23.4 Å². The summed E-state index contributed by atoms with van der Waals surface area (Å²) in [6.45, 7) is 1.83. The van der Waals surface area contributed by atoms with Crippen LogP contribution >= 0.6 is 23.4 Å². The Morgan fingerprint density at radius 3 is 2.70 bits per heavy atom. The van der Waals surface area contributed by atoms with Gasteiger partial charge in [-0.25, -0.2) is 14.6 Å². The Balaban J connectivity index is 1.91. The zero-order valence-electron chi connectivity index (χ0n) is 10.3. The highest BCUT2D eigenvalue weighted by molar-refractivity contribution is 7.99. The van der Waals surface area contributed by atoms with Crippen LogP contribution in [0.1, 0.15) is 5.76 Å². The minimum Gasteiger partial charge on any atom is -0.469 e. The molecule has 0 aliphatic rings. The van der Waals surface area contributed by atoms with Crippen molar-refractivity contribution in [3.8, 4) is 11.4 Å². The van der Waals surface area contributed by atoms with Gasteiger partial charge in [-0.3, -0.25) is 0 Å². The van der Waals surface area contributed by atoms with Gasteiger partial charge in [0.05, 0.1) is 29.2 Å². The molecule has 0 saturated heterocycles. The highest BCUT2D eigenvalue weighted by atomic mass is 35.5. The molecule has 0 spiro atoms. The van der Waals surface area contributed by atoms with Crippen LogP contribution in [-0.2, 0) is 0 Å². The first-order chi connectivity index (χ1) is 9.65. The van der Waals surface area contributed by atoms with Gasteiger partial charge in [-0.05, 0) is 24.8 Å². The highest BCUT2D eigenvalue weighted by Gasteiger charge is 2.16. The zero-order chi connectivity index (χ0) is 14.1. The zero-order valence-corrected chi connectivity index (χ0v) is 11.9. The van der Waals surface area contributed by atoms with Crippen molar-refractivity contribution in [2.24, 2.45) is 0 Å². The predicted molar refractivity (Wildman–Crippen MR) is 73.8 cm³/mol. The van der Waals surface area contributed by atoms with Gasteiger partial charge >= 0.3 is 0 Å². The van der Waals surface area contributed by atoms with Crippen LogP contribution in [0, 0.1) is 6.92 Å². The molecule has 0 fully saturated rings. The van der Waals surface area contributed by atoms with Gasteiger partial charge in [0, 0.05) is 0 Å². The number of aromatic nitrogens is 5. The molecule has 0 aliphatic heterocycles. The summed E-state index contributed by atoms with van der Waals surface area (Å²) in [4.78, 5) is 8.14. The summed E-state index contributed by atoms with van der Waals surface area (Å²) in [5, 5.41) is 9.52. The molecule has 7 nitrogen and oxygen atoms in total. The van der Waals surface area contributed by atoms with E-state index >= 15 is 0 Å². The van der Waals surface area contributed by atoms with Crippen molar-refractivity contribution in [1.29, 1.82) is 0 Å². The van der Waals surface area contributed by atoms with E-state index in [0.717, 1.165) is 11.3 Å². The van der Waals surface area contributed by atoms with Gasteiger partial charge in [0.2, 0.25) is 5.16 Å². The molecular weight excluding hydrogens is 300 g/mol. The largest absolute Gasteiger partial charge is 0.469 e. The number of furan rings is 1. The van der Waals surface area contributed by atoms with Crippen LogP contribution in [0.25, 0.3) is 11.4 Å². The normalized spacial score (nSPS) is 10.9. The average molecular weight is 309 g/mol. The molecule has 0 amide bonds. The molecule has 0 aliphatic carbocycles. The highest BCUT2D eigenvalue weighted by Crippen LogP contribution is 2.27. The third kappa shape index (κ3) is 2.35. The van der Waals surface area contributed by atoms with Crippen molar-refractivity contribution in [2.45, 2.75) is 17.2 Å². The predicted octanol–water partition coefficient (Wildman–Crippen LogP) is 2.15. The Morgan fingerprint density at radius 2 is 2.05 bits per heavy atom. The van der Waals surface area contributed by atoms with Gasteiger partial charge < -0.3 is 10.3 Å². The van der Waals surface area contributed by atoms with Gasteiger partial charge in [0.25, 0.3) is 0 Å². The smallest absolute Gasteiger partial charge is 0.217 e. The Labute approximate surface area is 123 Å². The van der Waals surface area contributed by atoms with Crippen LogP contribution in [0.3, 0.4) is 0 Å². The second kappa shape index (κ2) is 5.14. The van der Waals surface area contributed by atoms with Crippen molar-refractivity contribution in [2.75, 3.05) is 5.84 Å². The Kier molecular flexibility index (Phi) is 3.33. The van der Waals surface area contributed by atoms with E-state index in [0.29, 0.717) is 21.2 Å². The lowest BCUT2D eigenvalue weighted by molar-refractivity contribution is 0.535. The number of nitrogens with zero attached hydrogens (tertiary/aromatic N) is 5. The maximum Gasteiger partial charge on any atom is 0.217 e. The molecule has 9 heteroatoms. The summed E-state index contributed by atoms with van der Waals surface area (Å²) in [6, 6.07) is 1.79. The lowest BCUT2D eigenvalue weighted by Crippen LogP contribution is -2.11. The first kappa shape index (κ1) is 12.9. The second-order valence-corrected chi connectivity index (χ2v) is 5.22. The summed E-state index contributed by atoms with van der Waals surface area (Å²) < 4.78 is 6.61. The van der Waals surface area contributed by atoms with E-state index in [1.54, 1.807) is 12.3 Å². The fourth-order valence-electron chi connectivity index (χ4n) is 1.58. The first-order valence-electron chi connectivity index (χ1n) is 5.55. The number of hydrogen-bond acceptors (Lipinski definition) is 7. The number of halogens is 1.